The lowest BCUT2D eigenvalue weighted by Gasteiger charge is -2.07. The lowest BCUT2D eigenvalue weighted by atomic mass is 10.2. The van der Waals surface area contributed by atoms with Gasteiger partial charge in [0, 0.05) is 12.3 Å². The third-order valence-corrected chi connectivity index (χ3v) is 3.47. The molecule has 1 aromatic carbocycles. The summed E-state index contributed by atoms with van der Waals surface area (Å²) in [6, 6.07) is 6.05. The van der Waals surface area contributed by atoms with Crippen LogP contribution in [0.2, 0.25) is 0 Å². The second-order valence-electron chi connectivity index (χ2n) is 5.17. The van der Waals surface area contributed by atoms with Crippen LogP contribution in [0.4, 0.5) is 13.2 Å². The maximum Gasteiger partial charge on any atom is 0.314 e. The zero-order chi connectivity index (χ0) is 18.1. The van der Waals surface area contributed by atoms with E-state index >= 15 is 0 Å². The van der Waals surface area contributed by atoms with Gasteiger partial charge in [-0.15, -0.1) is 10.2 Å². The Bertz CT molecular complexity index is 1060. The third kappa shape index (κ3) is 3.08. The Labute approximate surface area is 143 Å². The Kier molecular flexibility index (Phi) is 3.99. The van der Waals surface area contributed by atoms with Crippen LogP contribution in [-0.4, -0.2) is 20.2 Å². The quantitative estimate of drug-likeness (QED) is 0.531. The minimum Gasteiger partial charge on any atom is -0.487 e. The Morgan fingerprint density at radius 1 is 1.12 bits per heavy atom. The number of alkyl halides is 2. The van der Waals surface area contributed by atoms with E-state index in [2.05, 4.69) is 20.2 Å². The maximum absolute atomic E-state index is 14.2. The van der Waals surface area contributed by atoms with Crippen molar-refractivity contribution in [1.82, 2.24) is 20.2 Å². The second kappa shape index (κ2) is 6.47. The molecule has 3 aromatic heterocycles. The summed E-state index contributed by atoms with van der Waals surface area (Å²) in [7, 11) is 0. The van der Waals surface area contributed by atoms with E-state index in [4.69, 9.17) is 13.6 Å². The van der Waals surface area contributed by atoms with E-state index in [-0.39, 0.29) is 23.8 Å². The molecule has 4 rings (SSSR count). The van der Waals surface area contributed by atoms with Crippen molar-refractivity contribution in [1.29, 1.82) is 0 Å². The molecule has 0 N–H and O–H groups in total. The number of rotatable bonds is 5. The predicted octanol–water partition coefficient (Wildman–Crippen LogP) is 3.93. The number of hydrogen-bond acceptors (Lipinski definition) is 7. The molecule has 0 spiro atoms. The van der Waals surface area contributed by atoms with Crippen molar-refractivity contribution in [2.75, 3.05) is 0 Å². The molecule has 132 valence electrons. The molecule has 7 nitrogen and oxygen atoms in total. The first kappa shape index (κ1) is 16.1. The molecule has 0 aliphatic rings. The maximum atomic E-state index is 14.2. The smallest absolute Gasteiger partial charge is 0.314 e. The van der Waals surface area contributed by atoms with Gasteiger partial charge in [0.25, 0.3) is 5.89 Å². The molecule has 0 atom stereocenters. The highest BCUT2D eigenvalue weighted by Gasteiger charge is 2.18. The van der Waals surface area contributed by atoms with E-state index in [9.17, 15) is 13.2 Å². The first-order valence-corrected chi connectivity index (χ1v) is 7.32. The van der Waals surface area contributed by atoms with E-state index in [1.807, 2.05) is 0 Å². The van der Waals surface area contributed by atoms with E-state index in [1.54, 1.807) is 18.2 Å². The molecule has 0 bridgehead atoms. The highest BCUT2D eigenvalue weighted by atomic mass is 19.3. The van der Waals surface area contributed by atoms with Crippen LogP contribution in [0, 0.1) is 5.82 Å². The first-order chi connectivity index (χ1) is 12.6. The van der Waals surface area contributed by atoms with E-state index in [0.717, 1.165) is 6.07 Å². The van der Waals surface area contributed by atoms with Crippen LogP contribution in [0.3, 0.4) is 0 Å². The van der Waals surface area contributed by atoms with Crippen LogP contribution >= 0.6 is 0 Å². The zero-order valence-corrected chi connectivity index (χ0v) is 12.9. The van der Waals surface area contributed by atoms with Gasteiger partial charge in [0.05, 0.1) is 5.56 Å². The van der Waals surface area contributed by atoms with Gasteiger partial charge in [-0.05, 0) is 18.2 Å². The summed E-state index contributed by atoms with van der Waals surface area (Å²) >= 11 is 0. The van der Waals surface area contributed by atoms with Crippen LogP contribution in [0.5, 0.6) is 5.75 Å². The molecule has 0 aliphatic heterocycles. The minimum atomic E-state index is -2.90. The normalized spacial score (nSPS) is 11.4. The summed E-state index contributed by atoms with van der Waals surface area (Å²) < 4.78 is 54.5. The first-order valence-electron chi connectivity index (χ1n) is 7.32. The fraction of sp³-hybridized carbons (Fsp3) is 0.125. The van der Waals surface area contributed by atoms with Gasteiger partial charge in [-0.2, -0.15) is 8.78 Å². The fourth-order valence-corrected chi connectivity index (χ4v) is 2.21. The molecule has 0 aliphatic carbocycles. The average molecular weight is 362 g/mol. The monoisotopic (exact) mass is 362 g/mol. The molecule has 4 aromatic rings. The summed E-state index contributed by atoms with van der Waals surface area (Å²) in [6.45, 7) is -0.137. The topological polar surface area (TPSA) is 87.1 Å². The molecule has 0 radical (unpaired) electrons. The van der Waals surface area contributed by atoms with Crippen molar-refractivity contribution >= 4 is 11.1 Å². The SMILES string of the molecule is Fc1cc(-c2nnc(C(F)F)o2)cnc1COc1ccc2ocnc2c1. The van der Waals surface area contributed by atoms with Crippen LogP contribution in [-0.2, 0) is 6.61 Å². The van der Waals surface area contributed by atoms with Crippen molar-refractivity contribution in [2.45, 2.75) is 13.0 Å². The van der Waals surface area contributed by atoms with Gasteiger partial charge in [0.15, 0.2) is 12.0 Å². The molecule has 0 fully saturated rings. The number of hydrogen-bond donors (Lipinski definition) is 0. The lowest BCUT2D eigenvalue weighted by molar-refractivity contribution is 0.116. The number of pyridine rings is 1. The summed E-state index contributed by atoms with van der Waals surface area (Å²) in [4.78, 5) is 7.93. The average Bonchev–Trinajstić information content (AvgIpc) is 3.29. The van der Waals surface area contributed by atoms with E-state index in [1.165, 1.54) is 12.6 Å². The van der Waals surface area contributed by atoms with Gasteiger partial charge >= 0.3 is 6.43 Å². The molecule has 3 heterocycles. The van der Waals surface area contributed by atoms with E-state index in [0.29, 0.717) is 16.8 Å². The Hall–Kier alpha value is -3.43. The van der Waals surface area contributed by atoms with Crippen molar-refractivity contribution in [3.63, 3.8) is 0 Å². The number of nitrogens with zero attached hydrogens (tertiary/aromatic N) is 4. The van der Waals surface area contributed by atoms with Crippen molar-refractivity contribution in [2.24, 2.45) is 0 Å². The zero-order valence-electron chi connectivity index (χ0n) is 12.9. The highest BCUT2D eigenvalue weighted by molar-refractivity contribution is 5.73. The number of halogens is 3. The Morgan fingerprint density at radius 3 is 2.77 bits per heavy atom. The molecule has 10 heteroatoms. The van der Waals surface area contributed by atoms with Crippen molar-refractivity contribution in [3.8, 4) is 17.2 Å². The molecule has 0 saturated heterocycles. The predicted molar refractivity (Wildman–Crippen MR) is 80.8 cm³/mol. The third-order valence-electron chi connectivity index (χ3n) is 3.47. The van der Waals surface area contributed by atoms with Gasteiger partial charge in [-0.3, -0.25) is 4.98 Å². The summed E-state index contributed by atoms with van der Waals surface area (Å²) in [5, 5.41) is 6.63. The Balaban J connectivity index is 1.50. The molecule has 0 saturated carbocycles. The number of benzene rings is 1. The van der Waals surface area contributed by atoms with Gasteiger partial charge in [0.1, 0.15) is 29.4 Å². The summed E-state index contributed by atoms with van der Waals surface area (Å²) in [6.07, 6.45) is -0.347. The standard InChI is InChI=1S/C16H9F3N4O3/c17-10-3-8(15-22-23-16(26-15)14(18)19)5-20-12(10)6-24-9-1-2-13-11(4-9)21-7-25-13/h1-5,7,14H,6H2. The van der Waals surface area contributed by atoms with Gasteiger partial charge in [-0.1, -0.05) is 0 Å². The molecule has 0 unspecified atom stereocenters. The highest BCUT2D eigenvalue weighted by Crippen LogP contribution is 2.24. The van der Waals surface area contributed by atoms with Gasteiger partial charge < -0.3 is 13.6 Å². The molecule has 0 amide bonds. The number of fused-ring (bicyclic) bond motifs is 1. The number of oxazole rings is 1. The van der Waals surface area contributed by atoms with Crippen LogP contribution < -0.4 is 4.74 Å². The second-order valence-corrected chi connectivity index (χ2v) is 5.17. The Morgan fingerprint density at radius 2 is 2.00 bits per heavy atom. The van der Waals surface area contributed by atoms with Crippen LogP contribution in [0.1, 0.15) is 18.0 Å². The minimum absolute atomic E-state index is 0.0302. The fourth-order valence-electron chi connectivity index (χ4n) is 2.21. The van der Waals surface area contributed by atoms with Crippen molar-refractivity contribution < 1.29 is 26.7 Å². The molecular weight excluding hydrogens is 353 g/mol. The lowest BCUT2D eigenvalue weighted by Crippen LogP contribution is -2.02. The van der Waals surface area contributed by atoms with Crippen LogP contribution in [0.25, 0.3) is 22.6 Å². The molecule has 26 heavy (non-hydrogen) atoms. The summed E-state index contributed by atoms with van der Waals surface area (Å²) in [5.74, 6) is -1.30. The van der Waals surface area contributed by atoms with Crippen LogP contribution in [0.15, 0.2) is 45.7 Å². The van der Waals surface area contributed by atoms with Gasteiger partial charge in [-0.25, -0.2) is 9.37 Å². The number of aromatic nitrogens is 4. The summed E-state index contributed by atoms with van der Waals surface area (Å²) in [5.41, 5.74) is 1.34. The van der Waals surface area contributed by atoms with E-state index < -0.39 is 18.1 Å². The molecular formula is C16H9F3N4O3. The van der Waals surface area contributed by atoms with Crippen molar-refractivity contribution in [3.05, 3.63) is 54.3 Å². The largest absolute Gasteiger partial charge is 0.487 e. The van der Waals surface area contributed by atoms with Gasteiger partial charge in [0.2, 0.25) is 5.89 Å². The number of ether oxygens (including phenoxy) is 1.